The van der Waals surface area contributed by atoms with E-state index in [0.717, 1.165) is 19.3 Å². The van der Waals surface area contributed by atoms with Gasteiger partial charge in [-0.3, -0.25) is 0 Å². The third-order valence-corrected chi connectivity index (χ3v) is 4.26. The molecule has 0 atom stereocenters. The van der Waals surface area contributed by atoms with E-state index in [1.165, 1.54) is 6.07 Å². The summed E-state index contributed by atoms with van der Waals surface area (Å²) in [6.45, 7) is 0.492. The molecule has 1 fully saturated rings. The molecule has 1 saturated carbocycles. The molecule has 6 heteroatoms. The van der Waals surface area contributed by atoms with Crippen LogP contribution in [0.4, 0.5) is 5.69 Å². The van der Waals surface area contributed by atoms with Crippen molar-refractivity contribution in [1.29, 1.82) is 0 Å². The molecule has 5 nitrogen and oxygen atoms in total. The lowest BCUT2D eigenvalue weighted by Crippen LogP contribution is -2.51. The Morgan fingerprint density at radius 2 is 1.94 bits per heavy atom. The average molecular weight is 255 g/mol. The minimum atomic E-state index is -3.70. The number of nitrogens with two attached hydrogens (primary N) is 2. The molecule has 1 aromatic rings. The molecule has 0 aromatic heterocycles. The number of sulfonamides is 1. The lowest BCUT2D eigenvalue weighted by molar-refractivity contribution is 0.287. The second-order valence-corrected chi connectivity index (χ2v) is 6.03. The van der Waals surface area contributed by atoms with Crippen LogP contribution in [0.2, 0.25) is 0 Å². The van der Waals surface area contributed by atoms with Crippen LogP contribution >= 0.6 is 0 Å². The van der Waals surface area contributed by atoms with Crippen molar-refractivity contribution in [3.05, 3.63) is 24.3 Å². The predicted molar refractivity (Wildman–Crippen MR) is 67.1 cm³/mol. The SMILES string of the molecule is NCC1(Nc2ccccc2S(N)(=O)=O)CCC1. The minimum Gasteiger partial charge on any atom is -0.377 e. The standard InChI is InChI=1S/C11H17N3O2S/c12-8-11(6-3-7-11)14-9-4-1-2-5-10(9)17(13,15)16/h1-2,4-5,14H,3,6-8,12H2,(H2,13,15,16). The molecule has 2 rings (SSSR count). The van der Waals surface area contributed by atoms with Gasteiger partial charge < -0.3 is 11.1 Å². The van der Waals surface area contributed by atoms with Crippen molar-refractivity contribution < 1.29 is 8.42 Å². The second kappa shape index (κ2) is 4.29. The molecule has 1 aromatic carbocycles. The molecule has 0 aliphatic heterocycles. The zero-order valence-electron chi connectivity index (χ0n) is 9.52. The highest BCUT2D eigenvalue weighted by Crippen LogP contribution is 2.35. The molecule has 0 radical (unpaired) electrons. The Balaban J connectivity index is 2.33. The Morgan fingerprint density at radius 3 is 2.41 bits per heavy atom. The number of para-hydroxylation sites is 1. The number of nitrogens with one attached hydrogen (secondary N) is 1. The van der Waals surface area contributed by atoms with Gasteiger partial charge in [-0.25, -0.2) is 13.6 Å². The fourth-order valence-corrected chi connectivity index (χ4v) is 2.78. The number of primary sulfonamides is 1. The highest BCUT2D eigenvalue weighted by atomic mass is 32.2. The van der Waals surface area contributed by atoms with Crippen molar-refractivity contribution in [3.8, 4) is 0 Å². The fraction of sp³-hybridized carbons (Fsp3) is 0.455. The summed E-state index contributed by atoms with van der Waals surface area (Å²) in [5.74, 6) is 0. The normalized spacial score (nSPS) is 18.5. The molecule has 17 heavy (non-hydrogen) atoms. The maximum absolute atomic E-state index is 11.4. The predicted octanol–water partition coefficient (Wildman–Crippen LogP) is 0.627. The third kappa shape index (κ3) is 2.43. The van der Waals surface area contributed by atoms with Crippen molar-refractivity contribution in [1.82, 2.24) is 0 Å². The van der Waals surface area contributed by atoms with Gasteiger partial charge in [-0.1, -0.05) is 12.1 Å². The van der Waals surface area contributed by atoms with E-state index in [4.69, 9.17) is 10.9 Å². The first kappa shape index (κ1) is 12.3. The highest BCUT2D eigenvalue weighted by Gasteiger charge is 2.36. The second-order valence-electron chi connectivity index (χ2n) is 4.50. The van der Waals surface area contributed by atoms with Gasteiger partial charge in [0.05, 0.1) is 5.69 Å². The van der Waals surface area contributed by atoms with Crippen LogP contribution in [0, 0.1) is 0 Å². The van der Waals surface area contributed by atoms with Gasteiger partial charge in [0.15, 0.2) is 0 Å². The van der Waals surface area contributed by atoms with E-state index in [1.807, 2.05) is 0 Å². The van der Waals surface area contributed by atoms with E-state index in [2.05, 4.69) is 5.32 Å². The number of rotatable bonds is 4. The number of benzene rings is 1. The summed E-state index contributed by atoms with van der Waals surface area (Å²) < 4.78 is 22.9. The van der Waals surface area contributed by atoms with Crippen molar-refractivity contribution in [2.24, 2.45) is 10.9 Å². The van der Waals surface area contributed by atoms with Crippen molar-refractivity contribution >= 4 is 15.7 Å². The topological polar surface area (TPSA) is 98.2 Å². The van der Waals surface area contributed by atoms with Gasteiger partial charge in [0, 0.05) is 12.1 Å². The van der Waals surface area contributed by atoms with Crippen LogP contribution < -0.4 is 16.2 Å². The molecular formula is C11H17N3O2S. The molecular weight excluding hydrogens is 238 g/mol. The molecule has 1 aliphatic rings. The molecule has 0 spiro atoms. The number of anilines is 1. The maximum atomic E-state index is 11.4. The quantitative estimate of drug-likeness (QED) is 0.734. The number of hydrogen-bond donors (Lipinski definition) is 3. The highest BCUT2D eigenvalue weighted by molar-refractivity contribution is 7.89. The van der Waals surface area contributed by atoms with E-state index >= 15 is 0 Å². The van der Waals surface area contributed by atoms with E-state index in [1.54, 1.807) is 18.2 Å². The van der Waals surface area contributed by atoms with Crippen LogP contribution in [-0.4, -0.2) is 20.5 Å². The fourth-order valence-electron chi connectivity index (χ4n) is 2.09. The summed E-state index contributed by atoms with van der Waals surface area (Å²) in [5.41, 5.74) is 6.11. The Kier molecular flexibility index (Phi) is 3.11. The van der Waals surface area contributed by atoms with Gasteiger partial charge in [0.1, 0.15) is 4.90 Å². The van der Waals surface area contributed by atoms with Gasteiger partial charge in [-0.05, 0) is 31.4 Å². The van der Waals surface area contributed by atoms with E-state index in [0.29, 0.717) is 12.2 Å². The van der Waals surface area contributed by atoms with Crippen LogP contribution in [0.3, 0.4) is 0 Å². The first-order valence-corrected chi connectivity index (χ1v) is 7.12. The van der Waals surface area contributed by atoms with Gasteiger partial charge >= 0.3 is 0 Å². The van der Waals surface area contributed by atoms with Gasteiger partial charge in [-0.2, -0.15) is 0 Å². The van der Waals surface area contributed by atoms with E-state index in [-0.39, 0.29) is 10.4 Å². The Morgan fingerprint density at radius 1 is 1.29 bits per heavy atom. The Hall–Kier alpha value is -1.11. The van der Waals surface area contributed by atoms with Crippen LogP contribution in [0.5, 0.6) is 0 Å². The van der Waals surface area contributed by atoms with E-state index in [9.17, 15) is 8.42 Å². The summed E-state index contributed by atoms with van der Waals surface area (Å²) in [7, 11) is -3.70. The molecule has 94 valence electrons. The maximum Gasteiger partial charge on any atom is 0.240 e. The van der Waals surface area contributed by atoms with Crippen LogP contribution in [0.1, 0.15) is 19.3 Å². The average Bonchev–Trinajstić information content (AvgIpc) is 2.23. The molecule has 0 heterocycles. The van der Waals surface area contributed by atoms with E-state index < -0.39 is 10.0 Å². The lowest BCUT2D eigenvalue weighted by atomic mass is 9.76. The van der Waals surface area contributed by atoms with Crippen LogP contribution in [0.25, 0.3) is 0 Å². The molecule has 0 amide bonds. The van der Waals surface area contributed by atoms with Crippen LogP contribution in [0.15, 0.2) is 29.2 Å². The minimum absolute atomic E-state index is 0.125. The van der Waals surface area contributed by atoms with Crippen molar-refractivity contribution in [2.45, 2.75) is 29.7 Å². The molecule has 5 N–H and O–H groups in total. The summed E-state index contributed by atoms with van der Waals surface area (Å²) in [5, 5.41) is 8.41. The first-order valence-electron chi connectivity index (χ1n) is 5.57. The third-order valence-electron chi connectivity index (χ3n) is 3.29. The lowest BCUT2D eigenvalue weighted by Gasteiger charge is -2.42. The van der Waals surface area contributed by atoms with Gasteiger partial charge in [0.25, 0.3) is 0 Å². The summed E-state index contributed by atoms with van der Waals surface area (Å²) >= 11 is 0. The van der Waals surface area contributed by atoms with Gasteiger partial charge in [-0.15, -0.1) is 0 Å². The monoisotopic (exact) mass is 255 g/mol. The van der Waals surface area contributed by atoms with Gasteiger partial charge in [0.2, 0.25) is 10.0 Å². The largest absolute Gasteiger partial charge is 0.377 e. The Bertz CT molecular complexity index is 504. The van der Waals surface area contributed by atoms with Crippen LogP contribution in [-0.2, 0) is 10.0 Å². The Labute approximate surface area is 101 Å². The zero-order valence-corrected chi connectivity index (χ0v) is 10.3. The summed E-state index contributed by atoms with van der Waals surface area (Å²) in [4.78, 5) is 0.125. The first-order chi connectivity index (χ1) is 7.97. The molecule has 0 bridgehead atoms. The number of hydrogen-bond acceptors (Lipinski definition) is 4. The molecule has 1 aliphatic carbocycles. The van der Waals surface area contributed by atoms with Crippen molar-refractivity contribution in [2.75, 3.05) is 11.9 Å². The molecule has 0 saturated heterocycles. The molecule has 0 unspecified atom stereocenters. The zero-order chi connectivity index (χ0) is 12.5. The summed E-state index contributed by atoms with van der Waals surface area (Å²) in [6, 6.07) is 6.65. The van der Waals surface area contributed by atoms with Crippen molar-refractivity contribution in [3.63, 3.8) is 0 Å². The summed E-state index contributed by atoms with van der Waals surface area (Å²) in [6.07, 6.45) is 3.03. The smallest absolute Gasteiger partial charge is 0.240 e.